The number of ether oxygens (including phenoxy) is 1. The predicted octanol–water partition coefficient (Wildman–Crippen LogP) is 2.73. The minimum atomic E-state index is -3.39. The fourth-order valence-corrected chi connectivity index (χ4v) is 4.61. The molecule has 164 valence electrons. The summed E-state index contributed by atoms with van der Waals surface area (Å²) in [5.41, 5.74) is 2.82. The SMILES string of the molecule is CN=C(NCc1ccccc1CS(=O)(=O)NC(C)C)N(C)Cc1ccc(OC)cc1. The van der Waals surface area contributed by atoms with Gasteiger partial charge in [0.15, 0.2) is 5.96 Å². The van der Waals surface area contributed by atoms with Crippen LogP contribution >= 0.6 is 0 Å². The average Bonchev–Trinajstić information content (AvgIpc) is 2.69. The smallest absolute Gasteiger partial charge is 0.216 e. The van der Waals surface area contributed by atoms with E-state index < -0.39 is 10.0 Å². The Kier molecular flexibility index (Phi) is 8.68. The number of hydrogen-bond acceptors (Lipinski definition) is 4. The molecule has 0 spiro atoms. The maximum atomic E-state index is 12.3. The van der Waals surface area contributed by atoms with Crippen LogP contribution in [-0.4, -0.2) is 46.5 Å². The van der Waals surface area contributed by atoms with E-state index >= 15 is 0 Å². The van der Waals surface area contributed by atoms with Gasteiger partial charge in [0.2, 0.25) is 10.0 Å². The molecule has 0 unspecified atom stereocenters. The Balaban J connectivity index is 2.04. The molecule has 2 N–H and O–H groups in total. The number of sulfonamides is 1. The number of nitrogens with zero attached hydrogens (tertiary/aromatic N) is 2. The number of benzene rings is 2. The summed E-state index contributed by atoms with van der Waals surface area (Å²) in [6, 6.07) is 15.3. The first-order valence-electron chi connectivity index (χ1n) is 9.85. The highest BCUT2D eigenvalue weighted by atomic mass is 32.2. The Morgan fingerprint density at radius 1 is 1.10 bits per heavy atom. The zero-order valence-corrected chi connectivity index (χ0v) is 19.2. The van der Waals surface area contributed by atoms with Crippen molar-refractivity contribution in [2.45, 2.75) is 38.7 Å². The van der Waals surface area contributed by atoms with Crippen molar-refractivity contribution in [1.82, 2.24) is 14.9 Å². The number of guanidine groups is 1. The molecule has 0 fully saturated rings. The Bertz CT molecular complexity index is 941. The normalized spacial score (nSPS) is 12.1. The molecule has 0 heterocycles. The largest absolute Gasteiger partial charge is 0.497 e. The van der Waals surface area contributed by atoms with Crippen LogP contribution in [0.25, 0.3) is 0 Å². The second-order valence-corrected chi connectivity index (χ2v) is 9.16. The van der Waals surface area contributed by atoms with Crippen LogP contribution in [0.15, 0.2) is 53.5 Å². The average molecular weight is 433 g/mol. The lowest BCUT2D eigenvalue weighted by molar-refractivity contribution is 0.414. The van der Waals surface area contributed by atoms with E-state index in [1.807, 2.05) is 74.3 Å². The van der Waals surface area contributed by atoms with E-state index in [0.717, 1.165) is 28.4 Å². The van der Waals surface area contributed by atoms with Gasteiger partial charge in [-0.15, -0.1) is 0 Å². The van der Waals surface area contributed by atoms with Crippen LogP contribution in [0.5, 0.6) is 5.75 Å². The Labute approximate surface area is 180 Å². The third kappa shape index (κ3) is 7.35. The van der Waals surface area contributed by atoms with Gasteiger partial charge >= 0.3 is 0 Å². The molecular weight excluding hydrogens is 400 g/mol. The number of hydrogen-bond donors (Lipinski definition) is 2. The van der Waals surface area contributed by atoms with Crippen molar-refractivity contribution in [2.75, 3.05) is 21.2 Å². The third-order valence-electron chi connectivity index (χ3n) is 4.47. The van der Waals surface area contributed by atoms with Crippen LogP contribution in [-0.2, 0) is 28.9 Å². The van der Waals surface area contributed by atoms with Gasteiger partial charge in [-0.25, -0.2) is 13.1 Å². The summed E-state index contributed by atoms with van der Waals surface area (Å²) < 4.78 is 32.5. The highest BCUT2D eigenvalue weighted by Crippen LogP contribution is 2.14. The molecule has 0 atom stereocenters. The van der Waals surface area contributed by atoms with Gasteiger partial charge in [-0.2, -0.15) is 0 Å². The van der Waals surface area contributed by atoms with Crippen molar-refractivity contribution in [3.8, 4) is 5.75 Å². The molecular formula is C22H32N4O3S. The number of methoxy groups -OCH3 is 1. The topological polar surface area (TPSA) is 83.0 Å². The minimum Gasteiger partial charge on any atom is -0.497 e. The van der Waals surface area contributed by atoms with Crippen molar-refractivity contribution in [2.24, 2.45) is 4.99 Å². The van der Waals surface area contributed by atoms with Gasteiger partial charge in [0.1, 0.15) is 5.75 Å². The van der Waals surface area contributed by atoms with E-state index in [0.29, 0.717) is 13.1 Å². The van der Waals surface area contributed by atoms with Gasteiger partial charge in [0.05, 0.1) is 12.9 Å². The zero-order chi connectivity index (χ0) is 22.1. The van der Waals surface area contributed by atoms with Crippen molar-refractivity contribution < 1.29 is 13.2 Å². The molecule has 2 aromatic carbocycles. The maximum absolute atomic E-state index is 12.3. The monoisotopic (exact) mass is 432 g/mol. The Morgan fingerprint density at radius 3 is 2.30 bits per heavy atom. The molecule has 0 aliphatic carbocycles. The summed E-state index contributed by atoms with van der Waals surface area (Å²) in [6.45, 7) is 4.78. The van der Waals surface area contributed by atoms with Gasteiger partial charge in [0, 0.05) is 33.2 Å². The van der Waals surface area contributed by atoms with E-state index in [-0.39, 0.29) is 11.8 Å². The lowest BCUT2D eigenvalue weighted by atomic mass is 10.1. The molecule has 0 saturated heterocycles. The molecule has 2 rings (SSSR count). The highest BCUT2D eigenvalue weighted by molar-refractivity contribution is 7.88. The zero-order valence-electron chi connectivity index (χ0n) is 18.3. The third-order valence-corrected chi connectivity index (χ3v) is 5.99. The molecule has 0 bridgehead atoms. The fraction of sp³-hybridized carbons (Fsp3) is 0.409. The van der Waals surface area contributed by atoms with Crippen LogP contribution < -0.4 is 14.8 Å². The summed E-state index contributed by atoms with van der Waals surface area (Å²) in [4.78, 5) is 6.37. The van der Waals surface area contributed by atoms with E-state index in [4.69, 9.17) is 4.74 Å². The lowest BCUT2D eigenvalue weighted by Crippen LogP contribution is -2.38. The molecule has 0 saturated carbocycles. The summed E-state index contributed by atoms with van der Waals surface area (Å²) in [5.74, 6) is 1.50. The van der Waals surface area contributed by atoms with Crippen LogP contribution in [0.1, 0.15) is 30.5 Å². The molecule has 7 nitrogen and oxygen atoms in total. The predicted molar refractivity (Wildman–Crippen MR) is 122 cm³/mol. The fourth-order valence-electron chi connectivity index (χ4n) is 3.11. The molecule has 30 heavy (non-hydrogen) atoms. The summed E-state index contributed by atoms with van der Waals surface area (Å²) >= 11 is 0. The van der Waals surface area contributed by atoms with E-state index in [9.17, 15) is 8.42 Å². The quantitative estimate of drug-likeness (QED) is 0.470. The number of rotatable bonds is 9. The molecule has 8 heteroatoms. The molecule has 0 aliphatic rings. The van der Waals surface area contributed by atoms with Gasteiger partial charge in [-0.05, 0) is 42.7 Å². The van der Waals surface area contributed by atoms with Crippen LogP contribution in [0.4, 0.5) is 0 Å². The van der Waals surface area contributed by atoms with Gasteiger partial charge in [-0.1, -0.05) is 36.4 Å². The first-order chi connectivity index (χ1) is 14.2. The molecule has 0 amide bonds. The van der Waals surface area contributed by atoms with Crippen molar-refractivity contribution in [1.29, 1.82) is 0 Å². The molecule has 0 aromatic heterocycles. The summed E-state index contributed by atoms with van der Waals surface area (Å²) in [7, 11) is 1.95. The van der Waals surface area contributed by atoms with Crippen LogP contribution in [0.2, 0.25) is 0 Å². The van der Waals surface area contributed by atoms with E-state index in [2.05, 4.69) is 15.0 Å². The first-order valence-corrected chi connectivity index (χ1v) is 11.5. The second kappa shape index (κ2) is 11.0. The Morgan fingerprint density at radius 2 is 1.73 bits per heavy atom. The van der Waals surface area contributed by atoms with Crippen molar-refractivity contribution in [3.05, 3.63) is 65.2 Å². The summed E-state index contributed by atoms with van der Waals surface area (Å²) in [5, 5.41) is 3.33. The highest BCUT2D eigenvalue weighted by Gasteiger charge is 2.16. The van der Waals surface area contributed by atoms with Crippen molar-refractivity contribution in [3.63, 3.8) is 0 Å². The maximum Gasteiger partial charge on any atom is 0.216 e. The molecule has 0 radical (unpaired) electrons. The van der Waals surface area contributed by atoms with E-state index in [1.54, 1.807) is 14.2 Å². The van der Waals surface area contributed by atoms with Crippen molar-refractivity contribution >= 4 is 16.0 Å². The van der Waals surface area contributed by atoms with Gasteiger partial charge < -0.3 is 15.0 Å². The minimum absolute atomic E-state index is 0.0523. The lowest BCUT2D eigenvalue weighted by Gasteiger charge is -2.23. The molecule has 0 aliphatic heterocycles. The van der Waals surface area contributed by atoms with Crippen LogP contribution in [0, 0.1) is 0 Å². The second-order valence-electron chi connectivity index (χ2n) is 7.41. The van der Waals surface area contributed by atoms with Crippen LogP contribution in [0.3, 0.4) is 0 Å². The number of aliphatic imine (C=N–C) groups is 1. The van der Waals surface area contributed by atoms with E-state index in [1.165, 1.54) is 0 Å². The first kappa shape index (κ1) is 23.7. The molecule has 2 aromatic rings. The van der Waals surface area contributed by atoms with Gasteiger partial charge in [-0.3, -0.25) is 4.99 Å². The Hall–Kier alpha value is -2.58. The van der Waals surface area contributed by atoms with Gasteiger partial charge in [0.25, 0.3) is 0 Å². The standard InChI is InChI=1S/C22H32N4O3S/c1-17(2)25-30(27,28)16-20-9-7-6-8-19(20)14-24-22(23-3)26(4)15-18-10-12-21(29-5)13-11-18/h6-13,17,25H,14-16H2,1-5H3,(H,23,24). The number of nitrogens with one attached hydrogen (secondary N) is 2. The summed E-state index contributed by atoms with van der Waals surface area (Å²) in [6.07, 6.45) is 0.